The minimum atomic E-state index is -0.210. The lowest BCUT2D eigenvalue weighted by Crippen LogP contribution is -2.50. The van der Waals surface area contributed by atoms with Crippen LogP contribution in [0, 0.1) is 0 Å². The van der Waals surface area contributed by atoms with Gasteiger partial charge in [-0.3, -0.25) is 4.90 Å². The van der Waals surface area contributed by atoms with E-state index in [1.807, 2.05) is 35.2 Å². The second-order valence-corrected chi connectivity index (χ2v) is 4.32. The molecule has 3 nitrogen and oxygen atoms in total. The van der Waals surface area contributed by atoms with E-state index in [0.29, 0.717) is 4.65 Å². The van der Waals surface area contributed by atoms with Crippen molar-refractivity contribution in [3.05, 3.63) is 0 Å². The third kappa shape index (κ3) is 4.35. The van der Waals surface area contributed by atoms with Crippen molar-refractivity contribution in [1.82, 2.24) is 4.90 Å². The zero-order chi connectivity index (χ0) is 9.28. The summed E-state index contributed by atoms with van der Waals surface area (Å²) in [4.78, 5) is 7.80. The Hall–Kier alpha value is -0.120. The van der Waals surface area contributed by atoms with E-state index in [9.17, 15) is 0 Å². The maximum atomic E-state index is 5.75. The molecular formula is C8H21N2O+. The molecule has 0 atom stereocenters. The Bertz CT molecular complexity index is 125. The highest BCUT2D eigenvalue weighted by Crippen LogP contribution is 2.15. The molecule has 3 heteroatoms. The van der Waals surface area contributed by atoms with Gasteiger partial charge in [0.2, 0.25) is 0 Å². The van der Waals surface area contributed by atoms with Crippen molar-refractivity contribution in [3.8, 4) is 0 Å². The van der Waals surface area contributed by atoms with Gasteiger partial charge in [0.25, 0.3) is 0 Å². The summed E-state index contributed by atoms with van der Waals surface area (Å²) >= 11 is 0. The van der Waals surface area contributed by atoms with Crippen LogP contribution in [-0.4, -0.2) is 50.5 Å². The maximum absolute atomic E-state index is 5.75. The Balaban J connectivity index is 4.13. The van der Waals surface area contributed by atoms with E-state index in [-0.39, 0.29) is 5.72 Å². The number of nitrogens with zero attached hydrogens (tertiary/aromatic N) is 2. The summed E-state index contributed by atoms with van der Waals surface area (Å²) in [5.74, 6) is 0. The molecule has 0 bridgehead atoms. The summed E-state index contributed by atoms with van der Waals surface area (Å²) < 4.78 is 0.519. The van der Waals surface area contributed by atoms with Gasteiger partial charge in [-0.1, -0.05) is 0 Å². The summed E-state index contributed by atoms with van der Waals surface area (Å²) in [6, 6.07) is 0. The topological polar surface area (TPSA) is 12.5 Å². The average Bonchev–Trinajstić information content (AvgIpc) is 1.56. The number of rotatable bonds is 3. The zero-order valence-corrected chi connectivity index (χ0v) is 8.80. The molecular weight excluding hydrogens is 140 g/mol. The fraction of sp³-hybridized carbons (Fsp3) is 1.00. The first-order chi connectivity index (χ1) is 4.65. The van der Waals surface area contributed by atoms with E-state index >= 15 is 0 Å². The lowest BCUT2D eigenvalue weighted by molar-refractivity contribution is -1.08. The molecule has 0 aliphatic carbocycles. The van der Waals surface area contributed by atoms with Crippen LogP contribution in [0.5, 0.6) is 0 Å². The Labute approximate surface area is 70.1 Å². The van der Waals surface area contributed by atoms with E-state index in [2.05, 4.69) is 18.7 Å². The van der Waals surface area contributed by atoms with Crippen LogP contribution < -0.4 is 0 Å². The van der Waals surface area contributed by atoms with Crippen LogP contribution in [0.4, 0.5) is 0 Å². The molecule has 0 aromatic rings. The van der Waals surface area contributed by atoms with Crippen LogP contribution in [0.1, 0.15) is 13.8 Å². The largest absolute Gasteiger partial charge is 0.277 e. The first-order valence-corrected chi connectivity index (χ1v) is 3.85. The van der Waals surface area contributed by atoms with Crippen molar-refractivity contribution in [3.63, 3.8) is 0 Å². The van der Waals surface area contributed by atoms with Gasteiger partial charge in [0, 0.05) is 0 Å². The van der Waals surface area contributed by atoms with Crippen molar-refractivity contribution >= 4 is 0 Å². The highest BCUT2D eigenvalue weighted by atomic mass is 16.7. The van der Waals surface area contributed by atoms with Gasteiger partial charge in [-0.05, 0) is 27.9 Å². The van der Waals surface area contributed by atoms with Gasteiger partial charge in [0.05, 0.1) is 21.1 Å². The molecule has 0 aliphatic rings. The Morgan fingerprint density at radius 3 is 1.55 bits per heavy atom. The van der Waals surface area contributed by atoms with Crippen LogP contribution in [0.15, 0.2) is 0 Å². The summed E-state index contributed by atoms with van der Waals surface area (Å²) in [6.45, 7) is 4.10. The van der Waals surface area contributed by atoms with Crippen LogP contribution in [0.3, 0.4) is 0 Å². The molecule has 0 saturated carbocycles. The van der Waals surface area contributed by atoms with Gasteiger partial charge in [-0.2, -0.15) is 9.48 Å². The van der Waals surface area contributed by atoms with E-state index < -0.39 is 0 Å². The Kier molecular flexibility index (Phi) is 3.06. The second-order valence-electron chi connectivity index (χ2n) is 4.32. The first-order valence-electron chi connectivity index (χ1n) is 3.85. The molecule has 0 spiro atoms. The molecule has 11 heavy (non-hydrogen) atoms. The monoisotopic (exact) mass is 161 g/mol. The summed E-state index contributed by atoms with van der Waals surface area (Å²) in [5, 5.41) is 0. The van der Waals surface area contributed by atoms with Gasteiger partial charge in [-0.15, -0.1) is 0 Å². The van der Waals surface area contributed by atoms with Crippen LogP contribution >= 0.6 is 0 Å². The van der Waals surface area contributed by atoms with Crippen molar-refractivity contribution in [1.29, 1.82) is 0 Å². The van der Waals surface area contributed by atoms with Crippen molar-refractivity contribution in [2.45, 2.75) is 19.6 Å². The smallest absolute Gasteiger partial charge is 0.174 e. The van der Waals surface area contributed by atoms with Crippen molar-refractivity contribution in [2.75, 3.05) is 35.2 Å². The predicted molar refractivity (Wildman–Crippen MR) is 46.9 cm³/mol. The summed E-state index contributed by atoms with van der Waals surface area (Å²) in [7, 11) is 10.0. The molecule has 0 aromatic carbocycles. The van der Waals surface area contributed by atoms with Crippen molar-refractivity contribution < 1.29 is 9.48 Å². The molecule has 0 N–H and O–H groups in total. The van der Waals surface area contributed by atoms with Crippen LogP contribution in [0.25, 0.3) is 0 Å². The lowest BCUT2D eigenvalue weighted by atomic mass is 10.3. The minimum absolute atomic E-state index is 0.210. The Morgan fingerprint density at radius 1 is 1.09 bits per heavy atom. The average molecular weight is 161 g/mol. The molecule has 0 unspecified atom stereocenters. The highest BCUT2D eigenvalue weighted by Gasteiger charge is 2.29. The maximum Gasteiger partial charge on any atom is 0.174 e. The molecule has 0 heterocycles. The Morgan fingerprint density at radius 2 is 1.45 bits per heavy atom. The summed E-state index contributed by atoms with van der Waals surface area (Å²) in [6.07, 6.45) is 0. The molecule has 0 aliphatic heterocycles. The van der Waals surface area contributed by atoms with E-state index in [1.165, 1.54) is 0 Å². The third-order valence-electron chi connectivity index (χ3n) is 1.57. The SMILES string of the molecule is CN(C)C(C)(C)O[N+](C)(C)C. The normalized spacial score (nSPS) is 14.2. The number of hydrogen-bond acceptors (Lipinski definition) is 2. The molecule has 68 valence electrons. The van der Waals surface area contributed by atoms with E-state index in [0.717, 1.165) is 0 Å². The highest BCUT2D eigenvalue weighted by molar-refractivity contribution is 4.60. The standard InChI is InChI=1S/C8H21N2O/c1-8(2,9(3)4)11-10(5,6)7/h1-7H3/q+1. The molecule has 0 saturated heterocycles. The van der Waals surface area contributed by atoms with Gasteiger partial charge in [0.15, 0.2) is 5.72 Å². The van der Waals surface area contributed by atoms with Gasteiger partial charge < -0.3 is 0 Å². The zero-order valence-electron chi connectivity index (χ0n) is 8.80. The van der Waals surface area contributed by atoms with Crippen LogP contribution in [0.2, 0.25) is 0 Å². The van der Waals surface area contributed by atoms with Gasteiger partial charge >= 0.3 is 0 Å². The van der Waals surface area contributed by atoms with Crippen molar-refractivity contribution in [2.24, 2.45) is 0 Å². The first kappa shape index (κ1) is 10.9. The number of quaternary nitrogens is 1. The quantitative estimate of drug-likeness (QED) is 0.347. The minimum Gasteiger partial charge on any atom is -0.277 e. The molecule has 0 fully saturated rings. The predicted octanol–water partition coefficient (Wildman–Crippen LogP) is 0.922. The fourth-order valence-corrected chi connectivity index (χ4v) is 0.752. The second kappa shape index (κ2) is 3.09. The lowest BCUT2D eigenvalue weighted by Gasteiger charge is -2.36. The summed E-state index contributed by atoms with van der Waals surface area (Å²) in [5.41, 5.74) is -0.210. The molecule has 0 radical (unpaired) electrons. The van der Waals surface area contributed by atoms with E-state index in [4.69, 9.17) is 4.84 Å². The van der Waals surface area contributed by atoms with Gasteiger partial charge in [0.1, 0.15) is 0 Å². The molecule has 0 rings (SSSR count). The van der Waals surface area contributed by atoms with Crippen LogP contribution in [-0.2, 0) is 4.84 Å². The molecule has 0 amide bonds. The number of hydroxylamine groups is 3. The molecule has 0 aromatic heterocycles. The fourth-order valence-electron chi connectivity index (χ4n) is 0.752. The van der Waals surface area contributed by atoms with E-state index in [1.54, 1.807) is 0 Å². The number of hydrogen-bond donors (Lipinski definition) is 0. The third-order valence-corrected chi connectivity index (χ3v) is 1.57. The van der Waals surface area contributed by atoms with Gasteiger partial charge in [-0.25, -0.2) is 0 Å².